The molecular formula is C21H42O2S. The Morgan fingerprint density at radius 3 is 1.50 bits per heavy atom. The molecule has 0 amide bonds. The van der Waals surface area contributed by atoms with Crippen molar-refractivity contribution in [3.05, 3.63) is 0 Å². The number of sulfone groups is 1. The molecule has 0 aromatic heterocycles. The molecule has 3 heteroatoms. The highest BCUT2D eigenvalue weighted by molar-refractivity contribution is 7.94. The highest BCUT2D eigenvalue weighted by atomic mass is 32.2. The van der Waals surface area contributed by atoms with Gasteiger partial charge in [-0.05, 0) is 51.4 Å². The van der Waals surface area contributed by atoms with E-state index in [0.29, 0.717) is 5.92 Å². The van der Waals surface area contributed by atoms with Crippen molar-refractivity contribution in [2.24, 2.45) is 11.8 Å². The van der Waals surface area contributed by atoms with Gasteiger partial charge < -0.3 is 0 Å². The topological polar surface area (TPSA) is 34.1 Å². The Labute approximate surface area is 152 Å². The zero-order valence-electron chi connectivity index (χ0n) is 17.2. The maximum absolute atomic E-state index is 13.2. The summed E-state index contributed by atoms with van der Waals surface area (Å²) in [4.78, 5) is 0. The molecule has 0 aromatic carbocycles. The third-order valence-electron chi connectivity index (χ3n) is 6.20. The molecule has 2 nitrogen and oxygen atoms in total. The van der Waals surface area contributed by atoms with Crippen LogP contribution in [0.3, 0.4) is 0 Å². The monoisotopic (exact) mass is 358 g/mol. The molecule has 0 spiro atoms. The van der Waals surface area contributed by atoms with Gasteiger partial charge in [-0.1, -0.05) is 72.6 Å². The molecule has 1 rings (SSSR count). The summed E-state index contributed by atoms with van der Waals surface area (Å²) in [6, 6.07) is 0. The van der Waals surface area contributed by atoms with Crippen molar-refractivity contribution in [3.8, 4) is 0 Å². The van der Waals surface area contributed by atoms with Crippen LogP contribution in [0, 0.1) is 11.8 Å². The molecule has 1 fully saturated rings. The second kappa shape index (κ2) is 9.05. The first kappa shape index (κ1) is 22.0. The molecule has 1 saturated heterocycles. The van der Waals surface area contributed by atoms with E-state index in [4.69, 9.17) is 0 Å². The van der Waals surface area contributed by atoms with E-state index < -0.39 is 19.3 Å². The van der Waals surface area contributed by atoms with Crippen LogP contribution in [-0.4, -0.2) is 17.9 Å². The lowest BCUT2D eigenvalue weighted by molar-refractivity contribution is 0.453. The Kier molecular flexibility index (Phi) is 8.29. The number of rotatable bonds is 11. The van der Waals surface area contributed by atoms with Gasteiger partial charge >= 0.3 is 0 Å². The minimum Gasteiger partial charge on any atom is -0.228 e. The predicted octanol–water partition coefficient (Wildman–Crippen LogP) is 6.54. The Morgan fingerprint density at radius 1 is 0.708 bits per heavy atom. The lowest BCUT2D eigenvalue weighted by atomic mass is 9.90. The fourth-order valence-electron chi connectivity index (χ4n) is 4.19. The van der Waals surface area contributed by atoms with Crippen LogP contribution in [0.25, 0.3) is 0 Å². The zero-order chi connectivity index (χ0) is 18.4. The van der Waals surface area contributed by atoms with Gasteiger partial charge in [0.05, 0.1) is 9.49 Å². The van der Waals surface area contributed by atoms with E-state index in [9.17, 15) is 8.42 Å². The maximum Gasteiger partial charge on any atom is 0.161 e. The van der Waals surface area contributed by atoms with E-state index in [1.54, 1.807) is 0 Å². The third-order valence-corrected chi connectivity index (χ3v) is 9.62. The molecule has 0 bridgehead atoms. The Hall–Kier alpha value is -0.0500. The molecule has 1 aliphatic rings. The smallest absolute Gasteiger partial charge is 0.161 e. The summed E-state index contributed by atoms with van der Waals surface area (Å²) in [7, 11) is -3.03. The second-order valence-corrected chi connectivity index (χ2v) is 12.5. The van der Waals surface area contributed by atoms with E-state index in [1.807, 2.05) is 13.8 Å². The van der Waals surface area contributed by atoms with E-state index in [-0.39, 0.29) is 0 Å². The lowest BCUT2D eigenvalue weighted by Gasteiger charge is -2.30. The predicted molar refractivity (Wildman–Crippen MR) is 106 cm³/mol. The van der Waals surface area contributed by atoms with Gasteiger partial charge in [0.1, 0.15) is 0 Å². The van der Waals surface area contributed by atoms with Crippen LogP contribution in [0.15, 0.2) is 0 Å². The van der Waals surface area contributed by atoms with E-state index >= 15 is 0 Å². The summed E-state index contributed by atoms with van der Waals surface area (Å²) in [5.74, 6) is 1.47. The van der Waals surface area contributed by atoms with Gasteiger partial charge in [-0.25, -0.2) is 8.42 Å². The Balaban J connectivity index is 2.53. The van der Waals surface area contributed by atoms with Gasteiger partial charge in [-0.3, -0.25) is 0 Å². The largest absolute Gasteiger partial charge is 0.228 e. The lowest BCUT2D eigenvalue weighted by Crippen LogP contribution is -2.40. The average molecular weight is 359 g/mol. The quantitative estimate of drug-likeness (QED) is 0.393. The summed E-state index contributed by atoms with van der Waals surface area (Å²) in [6.45, 7) is 13.0. The van der Waals surface area contributed by atoms with E-state index in [0.717, 1.165) is 50.9 Å². The van der Waals surface area contributed by atoms with Gasteiger partial charge in [0.15, 0.2) is 9.84 Å². The average Bonchev–Trinajstić information content (AvgIpc) is 2.64. The first-order valence-corrected chi connectivity index (χ1v) is 11.8. The van der Waals surface area contributed by atoms with Gasteiger partial charge in [-0.15, -0.1) is 0 Å². The van der Waals surface area contributed by atoms with Gasteiger partial charge in [0.25, 0.3) is 0 Å². The number of unbranched alkanes of at least 4 members (excludes halogenated alkanes) is 3. The van der Waals surface area contributed by atoms with Crippen molar-refractivity contribution in [1.29, 1.82) is 0 Å². The van der Waals surface area contributed by atoms with Crippen molar-refractivity contribution in [2.75, 3.05) is 0 Å². The Bertz CT molecular complexity index is 466. The second-order valence-electron chi connectivity index (χ2n) is 9.54. The molecule has 0 N–H and O–H groups in total. The fourth-order valence-corrected chi connectivity index (χ4v) is 6.95. The first-order valence-electron chi connectivity index (χ1n) is 10.3. The normalized spacial score (nSPS) is 29.7. The van der Waals surface area contributed by atoms with E-state index in [2.05, 4.69) is 27.7 Å². The highest BCUT2D eigenvalue weighted by Gasteiger charge is 2.56. The van der Waals surface area contributed by atoms with Crippen molar-refractivity contribution >= 4 is 9.84 Å². The minimum absolute atomic E-state index is 0.475. The van der Waals surface area contributed by atoms with Crippen molar-refractivity contribution < 1.29 is 8.42 Å². The van der Waals surface area contributed by atoms with Crippen molar-refractivity contribution in [1.82, 2.24) is 0 Å². The summed E-state index contributed by atoms with van der Waals surface area (Å²) in [6.07, 6.45) is 11.6. The molecule has 24 heavy (non-hydrogen) atoms. The maximum atomic E-state index is 13.2. The highest BCUT2D eigenvalue weighted by Crippen LogP contribution is 2.49. The fraction of sp³-hybridized carbons (Fsp3) is 1.00. The number of hydrogen-bond acceptors (Lipinski definition) is 2. The number of hydrogen-bond donors (Lipinski definition) is 0. The van der Waals surface area contributed by atoms with Crippen LogP contribution >= 0.6 is 0 Å². The minimum atomic E-state index is -3.03. The molecule has 0 radical (unpaired) electrons. The van der Waals surface area contributed by atoms with Crippen LogP contribution in [0.2, 0.25) is 0 Å². The van der Waals surface area contributed by atoms with Crippen molar-refractivity contribution in [2.45, 2.75) is 122 Å². The molecular weight excluding hydrogens is 316 g/mol. The van der Waals surface area contributed by atoms with Crippen molar-refractivity contribution in [3.63, 3.8) is 0 Å². The summed E-state index contributed by atoms with van der Waals surface area (Å²) < 4.78 is 25.5. The van der Waals surface area contributed by atoms with Crippen LogP contribution in [0.1, 0.15) is 112 Å². The molecule has 2 unspecified atom stereocenters. The zero-order valence-corrected chi connectivity index (χ0v) is 18.0. The molecule has 0 saturated carbocycles. The summed E-state index contributed by atoms with van der Waals surface area (Å²) in [5, 5.41) is 0. The van der Waals surface area contributed by atoms with E-state index in [1.165, 1.54) is 25.7 Å². The molecule has 1 aliphatic heterocycles. The summed E-state index contributed by atoms with van der Waals surface area (Å²) in [5.41, 5.74) is 0. The van der Waals surface area contributed by atoms with Gasteiger partial charge in [0, 0.05) is 0 Å². The van der Waals surface area contributed by atoms with Crippen LogP contribution < -0.4 is 0 Å². The molecule has 0 aliphatic carbocycles. The third kappa shape index (κ3) is 5.47. The molecule has 1 heterocycles. The Morgan fingerprint density at radius 2 is 1.08 bits per heavy atom. The molecule has 0 aromatic rings. The van der Waals surface area contributed by atoms with Crippen LogP contribution in [-0.2, 0) is 9.84 Å². The van der Waals surface area contributed by atoms with Crippen LogP contribution in [0.4, 0.5) is 0 Å². The van der Waals surface area contributed by atoms with Gasteiger partial charge in [0.2, 0.25) is 0 Å². The standard InChI is InChI=1S/C21H42O2S/c1-18(2)12-8-7-10-14-20(5)16-17-21(6,24(20,22)23)15-11-9-13-19(3)4/h18-19H,7-17H2,1-6H3. The van der Waals surface area contributed by atoms with Crippen LogP contribution in [0.5, 0.6) is 0 Å². The summed E-state index contributed by atoms with van der Waals surface area (Å²) >= 11 is 0. The molecule has 2 atom stereocenters. The van der Waals surface area contributed by atoms with Gasteiger partial charge in [-0.2, -0.15) is 0 Å². The SMILES string of the molecule is CC(C)CCCCCC1(C)CCC(C)(CCCCC(C)C)S1(=O)=O. The first-order chi connectivity index (χ1) is 11.0. The molecule has 144 valence electrons.